The van der Waals surface area contributed by atoms with Gasteiger partial charge in [0, 0.05) is 19.1 Å². The summed E-state index contributed by atoms with van der Waals surface area (Å²) in [6.07, 6.45) is 4.74. The van der Waals surface area contributed by atoms with Gasteiger partial charge in [0.1, 0.15) is 0 Å². The van der Waals surface area contributed by atoms with E-state index in [1.807, 2.05) is 4.90 Å². The van der Waals surface area contributed by atoms with Crippen LogP contribution in [0.5, 0.6) is 0 Å². The smallest absolute Gasteiger partial charge is 0.307 e. The number of nitrogens with zero attached hydrogens (tertiary/aromatic N) is 1. The Bertz CT molecular complexity index is 340. The molecule has 1 N–H and O–H groups in total. The predicted molar refractivity (Wildman–Crippen MR) is 71.6 cm³/mol. The fourth-order valence-corrected chi connectivity index (χ4v) is 3.08. The molecule has 108 valence electrons. The number of carbonyl (C=O) groups excluding carboxylic acids is 2. The fraction of sp³-hybridized carbons (Fsp3) is 0.857. The van der Waals surface area contributed by atoms with Gasteiger partial charge in [0.25, 0.3) is 0 Å². The van der Waals surface area contributed by atoms with E-state index in [2.05, 4.69) is 17.0 Å². The molecule has 19 heavy (non-hydrogen) atoms. The molecule has 5 heteroatoms. The van der Waals surface area contributed by atoms with Crippen molar-refractivity contribution >= 4 is 11.9 Å². The zero-order valence-corrected chi connectivity index (χ0v) is 11.9. The molecular formula is C14H24N2O3. The normalized spacial score (nSPS) is 29.4. The minimum Gasteiger partial charge on any atom is -0.469 e. The second-order valence-corrected chi connectivity index (χ2v) is 5.78. The lowest BCUT2D eigenvalue weighted by molar-refractivity contribution is -0.145. The van der Waals surface area contributed by atoms with Crippen LogP contribution in [0.2, 0.25) is 0 Å². The summed E-state index contributed by atoms with van der Waals surface area (Å²) in [4.78, 5) is 26.0. The quantitative estimate of drug-likeness (QED) is 0.774. The average molecular weight is 268 g/mol. The van der Waals surface area contributed by atoms with Crippen molar-refractivity contribution in [2.75, 3.05) is 20.2 Å². The summed E-state index contributed by atoms with van der Waals surface area (Å²) in [7, 11) is 1.36. The monoisotopic (exact) mass is 268 g/mol. The van der Waals surface area contributed by atoms with Crippen molar-refractivity contribution in [1.29, 1.82) is 0 Å². The fourth-order valence-electron chi connectivity index (χ4n) is 3.08. The third-order valence-electron chi connectivity index (χ3n) is 4.17. The molecule has 0 aromatic carbocycles. The van der Waals surface area contributed by atoms with Gasteiger partial charge in [0.15, 0.2) is 0 Å². The number of rotatable bonds is 3. The van der Waals surface area contributed by atoms with Crippen LogP contribution in [0.15, 0.2) is 0 Å². The van der Waals surface area contributed by atoms with E-state index in [1.54, 1.807) is 0 Å². The molecule has 5 nitrogen and oxygen atoms in total. The third kappa shape index (κ3) is 3.47. The summed E-state index contributed by atoms with van der Waals surface area (Å²) in [5, 5.41) is 3.21. The van der Waals surface area contributed by atoms with Crippen LogP contribution in [0.1, 0.15) is 39.0 Å². The van der Waals surface area contributed by atoms with Gasteiger partial charge in [0.2, 0.25) is 5.91 Å². The van der Waals surface area contributed by atoms with Crippen LogP contribution in [0.4, 0.5) is 0 Å². The molecular weight excluding hydrogens is 244 g/mol. The van der Waals surface area contributed by atoms with E-state index in [9.17, 15) is 9.59 Å². The largest absolute Gasteiger partial charge is 0.469 e. The van der Waals surface area contributed by atoms with Crippen molar-refractivity contribution in [3.63, 3.8) is 0 Å². The molecule has 0 radical (unpaired) electrons. The highest BCUT2D eigenvalue weighted by molar-refractivity contribution is 5.87. The lowest BCUT2D eigenvalue weighted by Gasteiger charge is -2.30. The number of ether oxygens (including phenoxy) is 1. The standard InChI is InChI=1S/C14H24N2O3/c1-10-8-15-12(7-13(17)19-2)14(18)16(9-10)11-5-3-4-6-11/h10-12,15H,3-9H2,1-2H3. The molecule has 1 saturated heterocycles. The Hall–Kier alpha value is -1.10. The van der Waals surface area contributed by atoms with E-state index in [4.69, 9.17) is 0 Å². The summed E-state index contributed by atoms with van der Waals surface area (Å²) in [6.45, 7) is 3.72. The van der Waals surface area contributed by atoms with E-state index < -0.39 is 6.04 Å². The van der Waals surface area contributed by atoms with E-state index in [-0.39, 0.29) is 18.3 Å². The minimum absolute atomic E-state index is 0.0710. The van der Waals surface area contributed by atoms with Gasteiger partial charge < -0.3 is 15.0 Å². The molecule has 0 aromatic heterocycles. The van der Waals surface area contributed by atoms with Crippen molar-refractivity contribution in [2.24, 2.45) is 5.92 Å². The molecule has 1 amide bonds. The SMILES string of the molecule is COC(=O)CC1NCC(C)CN(C2CCCC2)C1=O. The van der Waals surface area contributed by atoms with Crippen LogP contribution in [0.3, 0.4) is 0 Å². The van der Waals surface area contributed by atoms with Crippen LogP contribution < -0.4 is 5.32 Å². The van der Waals surface area contributed by atoms with Crippen LogP contribution in [-0.2, 0) is 14.3 Å². The van der Waals surface area contributed by atoms with Crippen LogP contribution in [0, 0.1) is 5.92 Å². The number of esters is 1. The van der Waals surface area contributed by atoms with Gasteiger partial charge in [0.05, 0.1) is 19.6 Å². The average Bonchev–Trinajstić information content (AvgIpc) is 2.89. The molecule has 1 saturated carbocycles. The van der Waals surface area contributed by atoms with Gasteiger partial charge in [-0.25, -0.2) is 0 Å². The summed E-state index contributed by atoms with van der Waals surface area (Å²) >= 11 is 0. The Balaban J connectivity index is 2.07. The lowest BCUT2D eigenvalue weighted by Crippen LogP contribution is -2.48. The molecule has 2 fully saturated rings. The van der Waals surface area contributed by atoms with E-state index >= 15 is 0 Å². The van der Waals surface area contributed by atoms with Gasteiger partial charge in [-0.3, -0.25) is 9.59 Å². The summed E-state index contributed by atoms with van der Waals surface area (Å²) in [6, 6.07) is -0.0482. The first-order valence-corrected chi connectivity index (χ1v) is 7.22. The second-order valence-electron chi connectivity index (χ2n) is 5.78. The van der Waals surface area contributed by atoms with Crippen molar-refractivity contribution in [1.82, 2.24) is 10.2 Å². The van der Waals surface area contributed by atoms with Crippen LogP contribution >= 0.6 is 0 Å². The van der Waals surface area contributed by atoms with Gasteiger partial charge in [-0.15, -0.1) is 0 Å². The number of nitrogens with one attached hydrogen (secondary N) is 1. The maximum absolute atomic E-state index is 12.6. The number of hydrogen-bond acceptors (Lipinski definition) is 4. The molecule has 1 heterocycles. The number of amides is 1. The summed E-state index contributed by atoms with van der Waals surface area (Å²) in [5.74, 6) is 0.167. The number of methoxy groups -OCH3 is 1. The summed E-state index contributed by atoms with van der Waals surface area (Å²) < 4.78 is 4.68. The molecule has 1 aliphatic heterocycles. The molecule has 0 spiro atoms. The first kappa shape index (κ1) is 14.3. The van der Waals surface area contributed by atoms with Crippen LogP contribution in [0.25, 0.3) is 0 Å². The second kappa shape index (κ2) is 6.37. The van der Waals surface area contributed by atoms with Crippen molar-refractivity contribution < 1.29 is 14.3 Å². The molecule has 0 aromatic rings. The predicted octanol–water partition coefficient (Wildman–Crippen LogP) is 0.929. The van der Waals surface area contributed by atoms with E-state index in [0.29, 0.717) is 12.0 Å². The highest BCUT2D eigenvalue weighted by atomic mass is 16.5. The van der Waals surface area contributed by atoms with Crippen molar-refractivity contribution in [3.05, 3.63) is 0 Å². The van der Waals surface area contributed by atoms with Gasteiger partial charge in [-0.05, 0) is 18.8 Å². The zero-order chi connectivity index (χ0) is 13.8. The Morgan fingerprint density at radius 2 is 2.11 bits per heavy atom. The molecule has 2 aliphatic rings. The first-order valence-electron chi connectivity index (χ1n) is 7.22. The topological polar surface area (TPSA) is 58.6 Å². The highest BCUT2D eigenvalue weighted by Gasteiger charge is 2.35. The van der Waals surface area contributed by atoms with Gasteiger partial charge >= 0.3 is 5.97 Å². The Morgan fingerprint density at radius 3 is 2.74 bits per heavy atom. The van der Waals surface area contributed by atoms with E-state index in [1.165, 1.54) is 20.0 Å². The maximum Gasteiger partial charge on any atom is 0.307 e. The number of carbonyl (C=O) groups is 2. The molecule has 0 bridgehead atoms. The van der Waals surface area contributed by atoms with Crippen LogP contribution in [-0.4, -0.2) is 49.1 Å². The Kier molecular flexibility index (Phi) is 4.80. The maximum atomic E-state index is 12.6. The highest BCUT2D eigenvalue weighted by Crippen LogP contribution is 2.26. The van der Waals surface area contributed by atoms with Crippen molar-refractivity contribution in [2.45, 2.75) is 51.1 Å². The molecule has 1 aliphatic carbocycles. The number of hydrogen-bond donors (Lipinski definition) is 1. The van der Waals surface area contributed by atoms with Gasteiger partial charge in [-0.2, -0.15) is 0 Å². The Morgan fingerprint density at radius 1 is 1.42 bits per heavy atom. The zero-order valence-electron chi connectivity index (χ0n) is 11.9. The molecule has 2 atom stereocenters. The third-order valence-corrected chi connectivity index (χ3v) is 4.17. The summed E-state index contributed by atoms with van der Waals surface area (Å²) in [5.41, 5.74) is 0. The first-order chi connectivity index (χ1) is 9.11. The van der Waals surface area contributed by atoms with Gasteiger partial charge in [-0.1, -0.05) is 19.8 Å². The lowest BCUT2D eigenvalue weighted by atomic mass is 10.1. The molecule has 2 rings (SSSR count). The Labute approximate surface area is 114 Å². The molecule has 2 unspecified atom stereocenters. The van der Waals surface area contributed by atoms with E-state index in [0.717, 1.165) is 25.9 Å². The van der Waals surface area contributed by atoms with Crippen molar-refractivity contribution in [3.8, 4) is 0 Å². The minimum atomic E-state index is -0.419.